The second kappa shape index (κ2) is 9.01. The van der Waals surface area contributed by atoms with E-state index in [1.165, 1.54) is 0 Å². The van der Waals surface area contributed by atoms with Gasteiger partial charge in [-0.3, -0.25) is 0 Å². The Balaban J connectivity index is 2.41. The molecule has 0 saturated heterocycles. The number of hydrogen-bond acceptors (Lipinski definition) is 3. The minimum Gasteiger partial charge on any atom is -0.435 e. The van der Waals surface area contributed by atoms with Gasteiger partial charge in [0.05, 0.1) is 6.61 Å². The number of halogens is 1. The number of ether oxygens (including phenoxy) is 2. The number of allylic oxidation sites excluding steroid dienone is 1. The largest absolute Gasteiger partial charge is 0.509 e. The molecule has 0 saturated carbocycles. The van der Waals surface area contributed by atoms with Gasteiger partial charge in [-0.05, 0) is 18.1 Å². The lowest BCUT2D eigenvalue weighted by atomic mass is 9.95. The third-order valence-corrected chi connectivity index (χ3v) is 3.42. The SMILES string of the molecule is CCOC(=O)OC(/C(=C/CCl)c1ccccc1)c1ccccc1. The van der Waals surface area contributed by atoms with E-state index < -0.39 is 12.3 Å². The van der Waals surface area contributed by atoms with E-state index in [9.17, 15) is 4.79 Å². The van der Waals surface area contributed by atoms with Crippen molar-refractivity contribution in [2.75, 3.05) is 12.5 Å². The molecule has 0 spiro atoms. The Labute approximate surface area is 141 Å². The fourth-order valence-electron chi connectivity index (χ4n) is 2.28. The number of alkyl halides is 1. The molecule has 23 heavy (non-hydrogen) atoms. The molecule has 3 nitrogen and oxygen atoms in total. The summed E-state index contributed by atoms with van der Waals surface area (Å²) in [5, 5.41) is 0. The predicted octanol–water partition coefficient (Wildman–Crippen LogP) is 5.22. The van der Waals surface area contributed by atoms with Crippen molar-refractivity contribution in [3.05, 3.63) is 77.9 Å². The molecule has 120 valence electrons. The lowest BCUT2D eigenvalue weighted by Gasteiger charge is -2.21. The second-order valence-corrected chi connectivity index (χ2v) is 5.08. The van der Waals surface area contributed by atoms with Gasteiger partial charge >= 0.3 is 6.16 Å². The highest BCUT2D eigenvalue weighted by atomic mass is 35.5. The molecule has 0 N–H and O–H groups in total. The average Bonchev–Trinajstić information content (AvgIpc) is 2.60. The quantitative estimate of drug-likeness (QED) is 0.538. The van der Waals surface area contributed by atoms with Crippen molar-refractivity contribution >= 4 is 23.3 Å². The normalized spacial score (nSPS) is 12.5. The van der Waals surface area contributed by atoms with Crippen LogP contribution >= 0.6 is 11.6 Å². The van der Waals surface area contributed by atoms with Gasteiger partial charge in [0.15, 0.2) is 6.10 Å². The summed E-state index contributed by atoms with van der Waals surface area (Å²) in [7, 11) is 0. The molecule has 1 atom stereocenters. The van der Waals surface area contributed by atoms with Gasteiger partial charge in [-0.25, -0.2) is 4.79 Å². The summed E-state index contributed by atoms with van der Waals surface area (Å²) in [6, 6.07) is 19.3. The first-order valence-corrected chi connectivity index (χ1v) is 7.99. The number of hydrogen-bond donors (Lipinski definition) is 0. The van der Waals surface area contributed by atoms with Gasteiger partial charge in [0.1, 0.15) is 0 Å². The van der Waals surface area contributed by atoms with Crippen LogP contribution in [0.15, 0.2) is 66.7 Å². The molecule has 0 aromatic heterocycles. The molecular formula is C19H19ClO3. The number of carbonyl (C=O) groups is 1. The zero-order valence-corrected chi connectivity index (χ0v) is 13.7. The van der Waals surface area contributed by atoms with Crippen molar-refractivity contribution in [1.29, 1.82) is 0 Å². The molecule has 0 aliphatic rings. The van der Waals surface area contributed by atoms with E-state index in [0.717, 1.165) is 16.7 Å². The van der Waals surface area contributed by atoms with Crippen LogP contribution in [0.4, 0.5) is 4.79 Å². The van der Waals surface area contributed by atoms with Gasteiger partial charge < -0.3 is 9.47 Å². The molecule has 0 radical (unpaired) electrons. The van der Waals surface area contributed by atoms with E-state index in [1.807, 2.05) is 66.7 Å². The Morgan fingerprint density at radius 1 is 1.09 bits per heavy atom. The summed E-state index contributed by atoms with van der Waals surface area (Å²) in [5.41, 5.74) is 2.65. The molecule has 2 aromatic rings. The lowest BCUT2D eigenvalue weighted by Crippen LogP contribution is -2.14. The van der Waals surface area contributed by atoms with Gasteiger partial charge in [-0.15, -0.1) is 11.6 Å². The topological polar surface area (TPSA) is 35.5 Å². The third kappa shape index (κ3) is 4.86. The summed E-state index contributed by atoms with van der Waals surface area (Å²) in [6.45, 7) is 2.01. The fourth-order valence-corrected chi connectivity index (χ4v) is 2.44. The van der Waals surface area contributed by atoms with Gasteiger partial charge in [-0.1, -0.05) is 66.7 Å². The van der Waals surface area contributed by atoms with E-state index in [-0.39, 0.29) is 6.61 Å². The Hall–Kier alpha value is -2.26. The highest BCUT2D eigenvalue weighted by Gasteiger charge is 2.23. The molecule has 0 heterocycles. The Kier molecular flexibility index (Phi) is 6.70. The molecule has 0 fully saturated rings. The van der Waals surface area contributed by atoms with Crippen LogP contribution in [-0.2, 0) is 9.47 Å². The van der Waals surface area contributed by atoms with Crippen LogP contribution in [0.1, 0.15) is 24.2 Å². The zero-order chi connectivity index (χ0) is 16.5. The highest BCUT2D eigenvalue weighted by Crippen LogP contribution is 2.33. The van der Waals surface area contributed by atoms with E-state index >= 15 is 0 Å². The average molecular weight is 331 g/mol. The maximum absolute atomic E-state index is 11.9. The van der Waals surface area contributed by atoms with Crippen LogP contribution in [0.25, 0.3) is 5.57 Å². The monoisotopic (exact) mass is 330 g/mol. The van der Waals surface area contributed by atoms with E-state index in [1.54, 1.807) is 6.92 Å². The van der Waals surface area contributed by atoms with Gasteiger partial charge in [0, 0.05) is 11.5 Å². The molecule has 1 unspecified atom stereocenters. The summed E-state index contributed by atoms with van der Waals surface area (Å²) >= 11 is 5.93. The van der Waals surface area contributed by atoms with E-state index in [4.69, 9.17) is 21.1 Å². The van der Waals surface area contributed by atoms with Crippen LogP contribution < -0.4 is 0 Å². The van der Waals surface area contributed by atoms with Crippen LogP contribution in [0, 0.1) is 0 Å². The molecule has 2 rings (SSSR count). The number of carbonyl (C=O) groups excluding carboxylic acids is 1. The van der Waals surface area contributed by atoms with Gasteiger partial charge in [-0.2, -0.15) is 0 Å². The van der Waals surface area contributed by atoms with Crippen molar-refractivity contribution < 1.29 is 14.3 Å². The zero-order valence-electron chi connectivity index (χ0n) is 12.9. The second-order valence-electron chi connectivity index (χ2n) is 4.77. The van der Waals surface area contributed by atoms with Crippen LogP contribution in [0.3, 0.4) is 0 Å². The Morgan fingerprint density at radius 2 is 1.70 bits per heavy atom. The van der Waals surface area contributed by atoms with Crippen molar-refractivity contribution in [1.82, 2.24) is 0 Å². The van der Waals surface area contributed by atoms with Crippen molar-refractivity contribution in [2.24, 2.45) is 0 Å². The molecule has 0 bridgehead atoms. The summed E-state index contributed by atoms with van der Waals surface area (Å²) < 4.78 is 10.5. The van der Waals surface area contributed by atoms with E-state index in [0.29, 0.717) is 5.88 Å². The Bertz CT molecular complexity index is 638. The first-order chi connectivity index (χ1) is 11.3. The summed E-state index contributed by atoms with van der Waals surface area (Å²) in [5.74, 6) is 0.319. The highest BCUT2D eigenvalue weighted by molar-refractivity contribution is 6.19. The predicted molar refractivity (Wildman–Crippen MR) is 92.4 cm³/mol. The van der Waals surface area contributed by atoms with Crippen LogP contribution in [0.2, 0.25) is 0 Å². The standard InChI is InChI=1S/C19H19ClO3/c1-2-22-19(21)23-18(16-11-7-4-8-12-16)17(13-14-20)15-9-5-3-6-10-15/h3-13,18H,2,14H2,1H3/b17-13+. The summed E-state index contributed by atoms with van der Waals surface area (Å²) in [4.78, 5) is 11.9. The fraction of sp³-hybridized carbons (Fsp3) is 0.211. The molecule has 0 amide bonds. The molecular weight excluding hydrogens is 312 g/mol. The third-order valence-electron chi connectivity index (χ3n) is 3.27. The minimum absolute atomic E-state index is 0.264. The maximum atomic E-state index is 11.9. The molecule has 0 aliphatic carbocycles. The molecule has 2 aromatic carbocycles. The minimum atomic E-state index is -0.697. The van der Waals surface area contributed by atoms with Crippen molar-refractivity contribution in [3.8, 4) is 0 Å². The first-order valence-electron chi connectivity index (χ1n) is 7.46. The summed E-state index contributed by atoms with van der Waals surface area (Å²) in [6.07, 6.45) is 0.586. The van der Waals surface area contributed by atoms with Gasteiger partial charge in [0.2, 0.25) is 0 Å². The molecule has 4 heteroatoms. The first kappa shape index (κ1) is 17.1. The van der Waals surface area contributed by atoms with E-state index in [2.05, 4.69) is 0 Å². The Morgan fingerprint density at radius 3 is 2.26 bits per heavy atom. The smallest absolute Gasteiger partial charge is 0.435 e. The number of rotatable bonds is 6. The lowest BCUT2D eigenvalue weighted by molar-refractivity contribution is 0.0427. The maximum Gasteiger partial charge on any atom is 0.509 e. The molecule has 0 aliphatic heterocycles. The van der Waals surface area contributed by atoms with Crippen molar-refractivity contribution in [3.63, 3.8) is 0 Å². The van der Waals surface area contributed by atoms with Crippen LogP contribution in [-0.4, -0.2) is 18.6 Å². The van der Waals surface area contributed by atoms with Gasteiger partial charge in [0.25, 0.3) is 0 Å². The van der Waals surface area contributed by atoms with Crippen LogP contribution in [0.5, 0.6) is 0 Å². The number of benzene rings is 2. The van der Waals surface area contributed by atoms with Crippen molar-refractivity contribution in [2.45, 2.75) is 13.0 Å².